The molecule has 4 aromatic carbocycles. The average molecular weight is 879 g/mol. The lowest BCUT2D eigenvalue weighted by atomic mass is 9.91. The maximum absolute atomic E-state index is 15.2. The van der Waals surface area contributed by atoms with E-state index in [1.54, 1.807) is 30.3 Å². The number of carbonyl (C=O) groups is 2. The minimum Gasteiger partial charge on any atom is -0.504 e. The highest BCUT2D eigenvalue weighted by atomic mass is 19.4. The maximum Gasteiger partial charge on any atom is 0.432 e. The normalized spacial score (nSPS) is 27.0. The van der Waals surface area contributed by atoms with E-state index in [0.717, 1.165) is 24.3 Å². The Bertz CT molecular complexity index is 2160. The number of halogens is 6. The molecule has 3 saturated heterocycles. The lowest BCUT2D eigenvalue weighted by Gasteiger charge is -2.52. The van der Waals surface area contributed by atoms with Crippen molar-refractivity contribution >= 4 is 11.9 Å². The van der Waals surface area contributed by atoms with E-state index in [1.807, 2.05) is 0 Å². The first-order chi connectivity index (χ1) is 29.6. The Hall–Kier alpha value is -5.28. The van der Waals surface area contributed by atoms with Gasteiger partial charge >= 0.3 is 24.3 Å². The second kappa shape index (κ2) is 17.8. The number of esters is 2. The van der Waals surface area contributed by atoms with E-state index in [-0.39, 0.29) is 23.7 Å². The van der Waals surface area contributed by atoms with Gasteiger partial charge in [0.2, 0.25) is 0 Å². The van der Waals surface area contributed by atoms with Crippen LogP contribution in [-0.2, 0) is 63.4 Å². The Labute approximate surface area is 350 Å². The highest BCUT2D eigenvalue weighted by molar-refractivity contribution is 5.83. The maximum atomic E-state index is 15.2. The standard InChI is InChI=1S/C43H40F6O13/c1-53-29-21-25(19-20-28(29)50)32-30(23-57-38(51)40(54-2,42(44,45)46)26-15-9-5-10-16-26)58-37-35(60-32)34(33-31(59-37)22-56-36(61-33)24-13-7-4-8-14-24)62-39(52)41(55-3,43(47,48)49)27-17-11-6-12-18-27/h4-21,30-37,50H,22-23H2,1-3H3/t30-,31+,32-,33+,34-,35+,36?,37+,40+,41+/m0/s1. The molecule has 3 aliphatic heterocycles. The predicted octanol–water partition coefficient (Wildman–Crippen LogP) is 6.73. The molecule has 62 heavy (non-hydrogen) atoms. The second-order valence-corrected chi connectivity index (χ2v) is 14.3. The molecule has 7 rings (SSSR count). The third-order valence-corrected chi connectivity index (χ3v) is 10.8. The molecule has 10 atom stereocenters. The van der Waals surface area contributed by atoms with Crippen LogP contribution in [0, 0.1) is 0 Å². The molecule has 13 nitrogen and oxygen atoms in total. The Morgan fingerprint density at radius 3 is 1.79 bits per heavy atom. The molecular weight excluding hydrogens is 838 g/mol. The van der Waals surface area contributed by atoms with Crippen molar-refractivity contribution in [1.29, 1.82) is 0 Å². The molecule has 3 aliphatic rings. The molecule has 1 N–H and O–H groups in total. The van der Waals surface area contributed by atoms with Gasteiger partial charge in [0.05, 0.1) is 13.7 Å². The van der Waals surface area contributed by atoms with Crippen LogP contribution >= 0.6 is 0 Å². The van der Waals surface area contributed by atoms with E-state index >= 15 is 13.2 Å². The predicted molar refractivity (Wildman–Crippen MR) is 199 cm³/mol. The second-order valence-electron chi connectivity index (χ2n) is 14.3. The zero-order valence-corrected chi connectivity index (χ0v) is 33.0. The number of phenols is 1. The Kier molecular flexibility index (Phi) is 12.9. The molecule has 3 fully saturated rings. The number of phenolic OH excluding ortho intramolecular Hbond substituents is 1. The van der Waals surface area contributed by atoms with Crippen LogP contribution in [0.2, 0.25) is 0 Å². The Balaban J connectivity index is 1.28. The summed E-state index contributed by atoms with van der Waals surface area (Å²) in [7, 11) is 2.63. The van der Waals surface area contributed by atoms with Gasteiger partial charge in [-0.2, -0.15) is 26.3 Å². The van der Waals surface area contributed by atoms with E-state index in [0.29, 0.717) is 19.8 Å². The molecule has 3 heterocycles. The molecule has 1 unspecified atom stereocenters. The van der Waals surface area contributed by atoms with Gasteiger partial charge in [-0.25, -0.2) is 9.59 Å². The smallest absolute Gasteiger partial charge is 0.432 e. The van der Waals surface area contributed by atoms with Crippen molar-refractivity contribution in [2.24, 2.45) is 0 Å². The van der Waals surface area contributed by atoms with Crippen molar-refractivity contribution in [2.45, 2.75) is 72.8 Å². The van der Waals surface area contributed by atoms with Gasteiger partial charge in [-0.3, -0.25) is 0 Å². The van der Waals surface area contributed by atoms with Gasteiger partial charge in [0, 0.05) is 30.9 Å². The summed E-state index contributed by atoms with van der Waals surface area (Å²) in [5.74, 6) is -4.19. The first-order valence-corrected chi connectivity index (χ1v) is 19.0. The SMILES string of the molecule is COc1cc([C@@H]2O[C@H]3[C@H](O[C@H]2COC(=O)[C@](OC)(c2ccccc2)C(F)(F)F)O[C@@H]2COC(c4ccccc4)O[C@H]2[C@@H]3OC(=O)[C@](OC)(c2ccccc2)C(F)(F)F)ccc1O. The molecular formula is C43H40F6O13. The summed E-state index contributed by atoms with van der Waals surface area (Å²) in [6.07, 6.45) is -22.6. The molecule has 0 amide bonds. The van der Waals surface area contributed by atoms with E-state index in [2.05, 4.69) is 0 Å². The number of benzene rings is 4. The highest BCUT2D eigenvalue weighted by Crippen LogP contribution is 2.48. The fourth-order valence-corrected chi connectivity index (χ4v) is 7.75. The number of methoxy groups -OCH3 is 3. The van der Waals surface area contributed by atoms with E-state index < -0.39 is 102 Å². The van der Waals surface area contributed by atoms with Crippen LogP contribution in [-0.4, -0.2) is 101 Å². The summed E-state index contributed by atoms with van der Waals surface area (Å²) in [5.41, 5.74) is -7.82. The lowest BCUT2D eigenvalue weighted by Crippen LogP contribution is -2.68. The van der Waals surface area contributed by atoms with Gasteiger partial charge in [-0.15, -0.1) is 0 Å². The number of fused-ring (bicyclic) bond motifs is 2. The van der Waals surface area contributed by atoms with Gasteiger partial charge in [0.25, 0.3) is 11.2 Å². The fraction of sp³-hybridized carbons (Fsp3) is 0.395. The van der Waals surface area contributed by atoms with Gasteiger partial charge < -0.3 is 52.5 Å². The Morgan fingerprint density at radius 1 is 0.677 bits per heavy atom. The average Bonchev–Trinajstić information content (AvgIpc) is 3.26. The first kappa shape index (κ1) is 44.8. The van der Waals surface area contributed by atoms with Crippen molar-refractivity contribution in [3.8, 4) is 11.5 Å². The molecule has 0 spiro atoms. The fourth-order valence-electron chi connectivity index (χ4n) is 7.75. The summed E-state index contributed by atoms with van der Waals surface area (Å²) in [4.78, 5) is 27.9. The van der Waals surface area contributed by atoms with Crippen LogP contribution in [0.1, 0.15) is 34.6 Å². The quantitative estimate of drug-likeness (QED) is 0.119. The van der Waals surface area contributed by atoms with Crippen LogP contribution in [0.4, 0.5) is 26.3 Å². The van der Waals surface area contributed by atoms with Crippen molar-refractivity contribution < 1.29 is 88.4 Å². The molecule has 332 valence electrons. The molecule has 19 heteroatoms. The van der Waals surface area contributed by atoms with Crippen molar-refractivity contribution in [3.05, 3.63) is 131 Å². The third kappa shape index (κ3) is 8.09. The minimum absolute atomic E-state index is 0.0946. The number of alkyl halides is 6. The van der Waals surface area contributed by atoms with Gasteiger partial charge in [0.15, 0.2) is 30.2 Å². The van der Waals surface area contributed by atoms with E-state index in [1.165, 1.54) is 61.7 Å². The summed E-state index contributed by atoms with van der Waals surface area (Å²) >= 11 is 0. The van der Waals surface area contributed by atoms with Gasteiger partial charge in [-0.05, 0) is 17.7 Å². The van der Waals surface area contributed by atoms with Crippen LogP contribution < -0.4 is 4.74 Å². The molecule has 0 saturated carbocycles. The summed E-state index contributed by atoms with van der Waals surface area (Å²) < 4.78 is 147. The van der Waals surface area contributed by atoms with Crippen molar-refractivity contribution in [3.63, 3.8) is 0 Å². The van der Waals surface area contributed by atoms with Crippen molar-refractivity contribution in [2.75, 3.05) is 34.5 Å². The zero-order chi connectivity index (χ0) is 44.5. The lowest BCUT2D eigenvalue weighted by molar-refractivity contribution is -0.404. The number of hydrogen-bond acceptors (Lipinski definition) is 13. The number of aromatic hydroxyl groups is 1. The van der Waals surface area contributed by atoms with E-state index in [9.17, 15) is 27.9 Å². The third-order valence-electron chi connectivity index (χ3n) is 10.8. The van der Waals surface area contributed by atoms with Crippen LogP contribution in [0.25, 0.3) is 0 Å². The first-order valence-electron chi connectivity index (χ1n) is 19.0. The topological polar surface area (TPSA) is 147 Å². The molecule has 0 aliphatic carbocycles. The van der Waals surface area contributed by atoms with Crippen LogP contribution in [0.3, 0.4) is 0 Å². The molecule has 0 aromatic heterocycles. The monoisotopic (exact) mass is 878 g/mol. The van der Waals surface area contributed by atoms with E-state index in [4.69, 9.17) is 47.4 Å². The molecule has 4 aromatic rings. The van der Waals surface area contributed by atoms with Gasteiger partial charge in [0.1, 0.15) is 37.1 Å². The number of ether oxygens (including phenoxy) is 10. The minimum atomic E-state index is -5.38. The largest absolute Gasteiger partial charge is 0.504 e. The summed E-state index contributed by atoms with van der Waals surface area (Å²) in [6.45, 7) is -1.24. The summed E-state index contributed by atoms with van der Waals surface area (Å²) in [5, 5.41) is 10.4. The zero-order valence-electron chi connectivity index (χ0n) is 33.0. The van der Waals surface area contributed by atoms with Crippen molar-refractivity contribution in [1.82, 2.24) is 0 Å². The van der Waals surface area contributed by atoms with Crippen LogP contribution in [0.15, 0.2) is 109 Å². The number of carbonyl (C=O) groups excluding carboxylic acids is 2. The van der Waals surface area contributed by atoms with Gasteiger partial charge in [-0.1, -0.05) is 97.1 Å². The molecule has 0 radical (unpaired) electrons. The number of hydrogen-bond donors (Lipinski definition) is 1. The summed E-state index contributed by atoms with van der Waals surface area (Å²) in [6, 6.07) is 24.4. The number of rotatable bonds is 12. The Morgan fingerprint density at radius 2 is 1.24 bits per heavy atom. The molecule has 0 bridgehead atoms. The van der Waals surface area contributed by atoms with Crippen LogP contribution in [0.5, 0.6) is 11.5 Å². The highest BCUT2D eigenvalue weighted by Gasteiger charge is 2.67.